The molecule has 0 bridgehead atoms. The lowest BCUT2D eigenvalue weighted by Gasteiger charge is -2.26. The van der Waals surface area contributed by atoms with Crippen LogP contribution in [0.2, 0.25) is 0 Å². The molecule has 1 amide bonds. The van der Waals surface area contributed by atoms with E-state index in [0.717, 1.165) is 48.6 Å². The third kappa shape index (κ3) is 4.65. The molecule has 0 unspecified atom stereocenters. The molecule has 1 fully saturated rings. The SMILES string of the molecule is COc1ccccc1CCNC(=O)CN1CCC[C@H]1c1ccc2c(c1)OCCO2. The van der Waals surface area contributed by atoms with Crippen LogP contribution in [0.15, 0.2) is 42.5 Å². The van der Waals surface area contributed by atoms with Crippen molar-refractivity contribution >= 4 is 5.91 Å². The van der Waals surface area contributed by atoms with E-state index in [1.165, 1.54) is 5.56 Å². The van der Waals surface area contributed by atoms with Gasteiger partial charge in [0.2, 0.25) is 5.91 Å². The molecule has 2 aromatic carbocycles. The van der Waals surface area contributed by atoms with Gasteiger partial charge in [0.15, 0.2) is 11.5 Å². The number of carbonyl (C=O) groups is 1. The van der Waals surface area contributed by atoms with E-state index in [4.69, 9.17) is 14.2 Å². The molecule has 0 radical (unpaired) electrons. The molecule has 0 saturated carbocycles. The summed E-state index contributed by atoms with van der Waals surface area (Å²) in [6.07, 6.45) is 2.89. The highest BCUT2D eigenvalue weighted by Gasteiger charge is 2.28. The molecule has 2 aromatic rings. The molecule has 6 heteroatoms. The number of carbonyl (C=O) groups excluding carboxylic acids is 1. The van der Waals surface area contributed by atoms with Gasteiger partial charge in [0.05, 0.1) is 13.7 Å². The number of fused-ring (bicyclic) bond motifs is 1. The predicted molar refractivity (Wildman–Crippen MR) is 111 cm³/mol. The predicted octanol–water partition coefficient (Wildman–Crippen LogP) is 2.96. The molecule has 2 heterocycles. The second-order valence-electron chi connectivity index (χ2n) is 7.44. The number of nitrogens with zero attached hydrogens (tertiary/aromatic N) is 1. The van der Waals surface area contributed by atoms with E-state index in [1.807, 2.05) is 30.3 Å². The van der Waals surface area contributed by atoms with Gasteiger partial charge in [-0.1, -0.05) is 24.3 Å². The Morgan fingerprint density at radius 3 is 2.86 bits per heavy atom. The smallest absolute Gasteiger partial charge is 0.234 e. The second kappa shape index (κ2) is 9.18. The van der Waals surface area contributed by atoms with Crippen molar-refractivity contribution in [3.05, 3.63) is 53.6 Å². The van der Waals surface area contributed by atoms with Gasteiger partial charge in [0.25, 0.3) is 0 Å². The van der Waals surface area contributed by atoms with Crippen LogP contribution < -0.4 is 19.5 Å². The lowest BCUT2D eigenvalue weighted by atomic mass is 10.0. The molecular formula is C23H28N2O4. The van der Waals surface area contributed by atoms with Crippen LogP contribution in [-0.4, -0.2) is 50.8 Å². The van der Waals surface area contributed by atoms with Crippen molar-refractivity contribution in [2.75, 3.05) is 40.0 Å². The number of nitrogens with one attached hydrogen (secondary N) is 1. The Kier molecular flexibility index (Phi) is 6.20. The van der Waals surface area contributed by atoms with E-state index in [2.05, 4.69) is 22.3 Å². The lowest BCUT2D eigenvalue weighted by Crippen LogP contribution is -2.37. The average Bonchev–Trinajstić information content (AvgIpc) is 3.21. The summed E-state index contributed by atoms with van der Waals surface area (Å²) < 4.78 is 16.7. The molecule has 29 heavy (non-hydrogen) atoms. The van der Waals surface area contributed by atoms with Crippen LogP contribution in [-0.2, 0) is 11.2 Å². The highest BCUT2D eigenvalue weighted by Crippen LogP contribution is 2.37. The fourth-order valence-corrected chi connectivity index (χ4v) is 4.15. The van der Waals surface area contributed by atoms with Gasteiger partial charge in [-0.15, -0.1) is 0 Å². The van der Waals surface area contributed by atoms with Gasteiger partial charge < -0.3 is 19.5 Å². The molecule has 2 aliphatic rings. The molecule has 0 aliphatic carbocycles. The Hall–Kier alpha value is -2.73. The van der Waals surface area contributed by atoms with Crippen molar-refractivity contribution in [1.29, 1.82) is 0 Å². The van der Waals surface area contributed by atoms with Crippen molar-refractivity contribution in [3.8, 4) is 17.2 Å². The van der Waals surface area contributed by atoms with Crippen molar-refractivity contribution in [1.82, 2.24) is 10.2 Å². The van der Waals surface area contributed by atoms with Crippen LogP contribution in [0, 0.1) is 0 Å². The van der Waals surface area contributed by atoms with E-state index in [9.17, 15) is 4.79 Å². The van der Waals surface area contributed by atoms with Gasteiger partial charge >= 0.3 is 0 Å². The topological polar surface area (TPSA) is 60.0 Å². The number of para-hydroxylation sites is 1. The van der Waals surface area contributed by atoms with Crippen LogP contribution in [0.25, 0.3) is 0 Å². The Labute approximate surface area is 171 Å². The Balaban J connectivity index is 1.32. The largest absolute Gasteiger partial charge is 0.496 e. The summed E-state index contributed by atoms with van der Waals surface area (Å²) in [5.74, 6) is 2.53. The third-order valence-corrected chi connectivity index (χ3v) is 5.57. The lowest BCUT2D eigenvalue weighted by molar-refractivity contribution is -0.122. The first-order valence-corrected chi connectivity index (χ1v) is 10.3. The van der Waals surface area contributed by atoms with Gasteiger partial charge in [-0.25, -0.2) is 0 Å². The Morgan fingerprint density at radius 1 is 1.17 bits per heavy atom. The minimum Gasteiger partial charge on any atom is -0.496 e. The maximum Gasteiger partial charge on any atom is 0.234 e. The highest BCUT2D eigenvalue weighted by molar-refractivity contribution is 5.78. The summed E-state index contributed by atoms with van der Waals surface area (Å²) in [4.78, 5) is 14.8. The number of ether oxygens (including phenoxy) is 3. The normalized spacial score (nSPS) is 18.4. The van der Waals surface area contributed by atoms with Gasteiger partial charge in [-0.3, -0.25) is 9.69 Å². The molecule has 1 N–H and O–H groups in total. The number of amides is 1. The maximum atomic E-state index is 12.5. The summed E-state index contributed by atoms with van der Waals surface area (Å²) in [5.41, 5.74) is 2.29. The van der Waals surface area contributed by atoms with Crippen molar-refractivity contribution in [2.45, 2.75) is 25.3 Å². The summed E-state index contributed by atoms with van der Waals surface area (Å²) in [7, 11) is 1.67. The van der Waals surface area contributed by atoms with Crippen molar-refractivity contribution in [2.24, 2.45) is 0 Å². The van der Waals surface area contributed by atoms with E-state index >= 15 is 0 Å². The van der Waals surface area contributed by atoms with E-state index in [0.29, 0.717) is 26.3 Å². The molecule has 4 rings (SSSR count). The minimum atomic E-state index is 0.0596. The van der Waals surface area contributed by atoms with Crippen LogP contribution in [0.3, 0.4) is 0 Å². The van der Waals surface area contributed by atoms with E-state index in [-0.39, 0.29) is 11.9 Å². The highest BCUT2D eigenvalue weighted by atomic mass is 16.6. The van der Waals surface area contributed by atoms with Gasteiger partial charge in [-0.05, 0) is 55.1 Å². The maximum absolute atomic E-state index is 12.5. The fraction of sp³-hybridized carbons (Fsp3) is 0.435. The Bertz CT molecular complexity index is 855. The van der Waals surface area contributed by atoms with Crippen LogP contribution in [0.1, 0.15) is 30.0 Å². The number of rotatable bonds is 7. The third-order valence-electron chi connectivity index (χ3n) is 5.57. The summed E-state index contributed by atoms with van der Waals surface area (Å²) in [6.45, 7) is 3.11. The zero-order chi connectivity index (χ0) is 20.1. The van der Waals surface area contributed by atoms with Gasteiger partial charge in [0, 0.05) is 12.6 Å². The molecule has 6 nitrogen and oxygen atoms in total. The fourth-order valence-electron chi connectivity index (χ4n) is 4.15. The Morgan fingerprint density at radius 2 is 2.00 bits per heavy atom. The molecule has 154 valence electrons. The van der Waals surface area contributed by atoms with Crippen LogP contribution in [0.4, 0.5) is 0 Å². The first-order valence-electron chi connectivity index (χ1n) is 10.3. The van der Waals surface area contributed by atoms with Gasteiger partial charge in [-0.2, -0.15) is 0 Å². The summed E-state index contributed by atoms with van der Waals surface area (Å²) in [6, 6.07) is 14.3. The summed E-state index contributed by atoms with van der Waals surface area (Å²) >= 11 is 0. The molecule has 2 aliphatic heterocycles. The van der Waals surface area contributed by atoms with Crippen LogP contribution >= 0.6 is 0 Å². The van der Waals surface area contributed by atoms with Crippen molar-refractivity contribution < 1.29 is 19.0 Å². The van der Waals surface area contributed by atoms with Crippen LogP contribution in [0.5, 0.6) is 17.2 Å². The van der Waals surface area contributed by atoms with Crippen molar-refractivity contribution in [3.63, 3.8) is 0 Å². The number of methoxy groups -OCH3 is 1. The second-order valence-corrected chi connectivity index (χ2v) is 7.44. The zero-order valence-corrected chi connectivity index (χ0v) is 16.9. The zero-order valence-electron chi connectivity index (χ0n) is 16.9. The summed E-state index contributed by atoms with van der Waals surface area (Å²) in [5, 5.41) is 3.05. The molecule has 1 saturated heterocycles. The number of benzene rings is 2. The number of likely N-dealkylation sites (tertiary alicyclic amines) is 1. The average molecular weight is 396 g/mol. The minimum absolute atomic E-state index is 0.0596. The number of hydrogen-bond donors (Lipinski definition) is 1. The molecular weight excluding hydrogens is 368 g/mol. The number of hydrogen-bond acceptors (Lipinski definition) is 5. The molecule has 0 aromatic heterocycles. The standard InChI is InChI=1S/C23H28N2O4/c1-27-20-7-3-2-5-17(20)10-11-24-23(26)16-25-12-4-6-19(25)18-8-9-21-22(15-18)29-14-13-28-21/h2-3,5,7-9,15,19H,4,6,10-14,16H2,1H3,(H,24,26)/t19-/m0/s1. The van der Waals surface area contributed by atoms with E-state index in [1.54, 1.807) is 7.11 Å². The van der Waals surface area contributed by atoms with E-state index < -0.39 is 0 Å². The molecule has 0 spiro atoms. The monoisotopic (exact) mass is 396 g/mol. The van der Waals surface area contributed by atoms with Gasteiger partial charge in [0.1, 0.15) is 19.0 Å². The quantitative estimate of drug-likeness (QED) is 0.780. The molecule has 1 atom stereocenters. The first kappa shape index (κ1) is 19.6. The first-order chi connectivity index (χ1) is 14.2.